The van der Waals surface area contributed by atoms with Crippen molar-refractivity contribution in [2.45, 2.75) is 0 Å². The Labute approximate surface area is 102 Å². The van der Waals surface area contributed by atoms with E-state index in [4.69, 9.17) is 5.73 Å². The van der Waals surface area contributed by atoms with E-state index in [0.717, 1.165) is 12.1 Å². The van der Waals surface area contributed by atoms with Crippen LogP contribution in [0.5, 0.6) is 0 Å². The second-order valence-electron chi connectivity index (χ2n) is 3.71. The molecule has 0 heterocycles. The Morgan fingerprint density at radius 3 is 2.50 bits per heavy atom. The summed E-state index contributed by atoms with van der Waals surface area (Å²) in [5.74, 6) is -1.80. The van der Waals surface area contributed by atoms with Crippen LogP contribution in [0.15, 0.2) is 42.5 Å². The number of halogens is 2. The molecule has 1 amide bonds. The van der Waals surface area contributed by atoms with Gasteiger partial charge in [0.1, 0.15) is 11.6 Å². The summed E-state index contributed by atoms with van der Waals surface area (Å²) < 4.78 is 26.4. The Morgan fingerprint density at radius 1 is 1.11 bits per heavy atom. The summed E-state index contributed by atoms with van der Waals surface area (Å²) in [4.78, 5) is 11.8. The molecule has 2 aromatic rings. The number of nitrogens with two attached hydrogens (primary N) is 1. The van der Waals surface area contributed by atoms with Gasteiger partial charge in [-0.1, -0.05) is 12.1 Å². The van der Waals surface area contributed by atoms with Crippen molar-refractivity contribution in [3.63, 3.8) is 0 Å². The maximum Gasteiger partial charge on any atom is 0.255 e. The zero-order valence-electron chi connectivity index (χ0n) is 9.28. The molecular weight excluding hydrogens is 238 g/mol. The Balaban J connectivity index is 2.25. The number of carbonyl (C=O) groups is 1. The number of carbonyl (C=O) groups excluding carboxylic acids is 1. The molecule has 0 aliphatic rings. The highest BCUT2D eigenvalue weighted by Crippen LogP contribution is 2.16. The number of para-hydroxylation sites is 1. The topological polar surface area (TPSA) is 55.1 Å². The fourth-order valence-corrected chi connectivity index (χ4v) is 1.50. The first-order valence-electron chi connectivity index (χ1n) is 5.18. The summed E-state index contributed by atoms with van der Waals surface area (Å²) in [6, 6.07) is 9.17. The zero-order valence-corrected chi connectivity index (χ0v) is 9.28. The van der Waals surface area contributed by atoms with Gasteiger partial charge >= 0.3 is 0 Å². The molecule has 0 unspecified atom stereocenters. The average Bonchev–Trinajstić information content (AvgIpc) is 2.31. The molecule has 5 heteroatoms. The summed E-state index contributed by atoms with van der Waals surface area (Å²) in [6.07, 6.45) is 0. The Bertz CT molecular complexity index is 579. The first kappa shape index (κ1) is 12.0. The van der Waals surface area contributed by atoms with E-state index in [2.05, 4.69) is 5.32 Å². The number of nitrogen functional groups attached to an aromatic ring is 1. The van der Waals surface area contributed by atoms with Crippen molar-refractivity contribution in [1.82, 2.24) is 0 Å². The number of hydrogen-bond acceptors (Lipinski definition) is 2. The Morgan fingerprint density at radius 2 is 1.83 bits per heavy atom. The lowest BCUT2D eigenvalue weighted by molar-refractivity contribution is 0.102. The first-order chi connectivity index (χ1) is 8.56. The minimum atomic E-state index is -0.619. The van der Waals surface area contributed by atoms with Gasteiger partial charge < -0.3 is 11.1 Å². The van der Waals surface area contributed by atoms with Crippen LogP contribution in [0.2, 0.25) is 0 Å². The zero-order chi connectivity index (χ0) is 13.1. The van der Waals surface area contributed by atoms with Crippen molar-refractivity contribution in [3.8, 4) is 0 Å². The van der Waals surface area contributed by atoms with Crippen molar-refractivity contribution >= 4 is 17.3 Å². The molecule has 0 fully saturated rings. The van der Waals surface area contributed by atoms with Crippen LogP contribution in [0.4, 0.5) is 20.2 Å². The van der Waals surface area contributed by atoms with Crippen LogP contribution in [0, 0.1) is 11.6 Å². The summed E-state index contributed by atoms with van der Waals surface area (Å²) in [5.41, 5.74) is 5.63. The number of amides is 1. The average molecular weight is 248 g/mol. The molecule has 3 nitrogen and oxygen atoms in total. The third kappa shape index (κ3) is 2.63. The van der Waals surface area contributed by atoms with Gasteiger partial charge in [0.05, 0.1) is 5.69 Å². The molecule has 0 radical (unpaired) electrons. The van der Waals surface area contributed by atoms with Crippen molar-refractivity contribution in [1.29, 1.82) is 0 Å². The van der Waals surface area contributed by atoms with Gasteiger partial charge in [0.15, 0.2) is 0 Å². The molecule has 0 saturated carbocycles. The number of nitrogens with one attached hydrogen (secondary N) is 1. The molecule has 92 valence electrons. The Kier molecular flexibility index (Phi) is 3.23. The predicted octanol–water partition coefficient (Wildman–Crippen LogP) is 2.80. The second-order valence-corrected chi connectivity index (χ2v) is 3.71. The maximum atomic E-state index is 13.3. The third-order valence-electron chi connectivity index (χ3n) is 2.30. The molecule has 18 heavy (non-hydrogen) atoms. The second kappa shape index (κ2) is 4.83. The molecule has 0 atom stereocenters. The van der Waals surface area contributed by atoms with Gasteiger partial charge in [-0.05, 0) is 30.3 Å². The van der Waals surface area contributed by atoms with Crippen molar-refractivity contribution in [3.05, 3.63) is 59.7 Å². The maximum absolute atomic E-state index is 13.3. The van der Waals surface area contributed by atoms with Crippen molar-refractivity contribution in [2.75, 3.05) is 11.1 Å². The molecule has 3 N–H and O–H groups in total. The van der Waals surface area contributed by atoms with E-state index >= 15 is 0 Å². The van der Waals surface area contributed by atoms with E-state index in [1.807, 2.05) is 0 Å². The van der Waals surface area contributed by atoms with Crippen LogP contribution < -0.4 is 11.1 Å². The van der Waals surface area contributed by atoms with Gasteiger partial charge in [0.2, 0.25) is 0 Å². The lowest BCUT2D eigenvalue weighted by atomic mass is 10.1. The summed E-state index contributed by atoms with van der Waals surface area (Å²) >= 11 is 0. The molecule has 0 bridgehead atoms. The predicted molar refractivity (Wildman–Crippen MR) is 65.2 cm³/mol. The van der Waals surface area contributed by atoms with Crippen LogP contribution in [0.1, 0.15) is 10.4 Å². The molecule has 0 aliphatic carbocycles. The van der Waals surface area contributed by atoms with Gasteiger partial charge in [0.25, 0.3) is 5.91 Å². The molecular formula is C13H10F2N2O. The van der Waals surface area contributed by atoms with Gasteiger partial charge in [0, 0.05) is 11.3 Å². The Hall–Kier alpha value is -2.43. The molecule has 0 saturated heterocycles. The van der Waals surface area contributed by atoms with Gasteiger partial charge in [-0.2, -0.15) is 0 Å². The van der Waals surface area contributed by atoms with Gasteiger partial charge in [-0.15, -0.1) is 0 Å². The quantitative estimate of drug-likeness (QED) is 0.803. The summed E-state index contributed by atoms with van der Waals surface area (Å²) in [5, 5.41) is 2.34. The SMILES string of the molecule is Nc1cc(F)cc(C(=O)Nc2ccccc2F)c1. The highest BCUT2D eigenvalue weighted by Gasteiger charge is 2.10. The fourth-order valence-electron chi connectivity index (χ4n) is 1.50. The monoisotopic (exact) mass is 248 g/mol. The van der Waals surface area contributed by atoms with Gasteiger partial charge in [-0.25, -0.2) is 8.78 Å². The van der Waals surface area contributed by atoms with E-state index in [9.17, 15) is 13.6 Å². The normalized spacial score (nSPS) is 10.1. The minimum absolute atomic E-state index is 0.0327. The van der Waals surface area contributed by atoms with E-state index in [0.29, 0.717) is 0 Å². The number of benzene rings is 2. The van der Waals surface area contributed by atoms with Crippen LogP contribution in [-0.4, -0.2) is 5.91 Å². The molecule has 0 spiro atoms. The van der Waals surface area contributed by atoms with E-state index < -0.39 is 17.5 Å². The highest BCUT2D eigenvalue weighted by molar-refractivity contribution is 6.04. The molecule has 0 aromatic heterocycles. The highest BCUT2D eigenvalue weighted by atomic mass is 19.1. The van der Waals surface area contributed by atoms with Crippen LogP contribution >= 0.6 is 0 Å². The number of hydrogen-bond donors (Lipinski definition) is 2. The van der Waals surface area contributed by atoms with E-state index in [1.54, 1.807) is 6.07 Å². The molecule has 0 aliphatic heterocycles. The van der Waals surface area contributed by atoms with Gasteiger partial charge in [-0.3, -0.25) is 4.79 Å². The number of anilines is 2. The largest absolute Gasteiger partial charge is 0.399 e. The summed E-state index contributed by atoms with van der Waals surface area (Å²) in [6.45, 7) is 0. The van der Waals surface area contributed by atoms with E-state index in [1.165, 1.54) is 24.3 Å². The standard InChI is InChI=1S/C13H10F2N2O/c14-9-5-8(6-10(16)7-9)13(18)17-12-4-2-1-3-11(12)15/h1-7H,16H2,(H,17,18). The van der Waals surface area contributed by atoms with Crippen LogP contribution in [0.25, 0.3) is 0 Å². The van der Waals surface area contributed by atoms with Crippen molar-refractivity contribution in [2.24, 2.45) is 0 Å². The summed E-state index contributed by atoms with van der Waals surface area (Å²) in [7, 11) is 0. The first-order valence-corrected chi connectivity index (χ1v) is 5.18. The van der Waals surface area contributed by atoms with Crippen LogP contribution in [0.3, 0.4) is 0 Å². The number of rotatable bonds is 2. The minimum Gasteiger partial charge on any atom is -0.399 e. The van der Waals surface area contributed by atoms with E-state index in [-0.39, 0.29) is 16.9 Å². The lowest BCUT2D eigenvalue weighted by Crippen LogP contribution is -2.13. The van der Waals surface area contributed by atoms with Crippen LogP contribution in [-0.2, 0) is 0 Å². The molecule has 2 aromatic carbocycles. The van der Waals surface area contributed by atoms with Crippen molar-refractivity contribution < 1.29 is 13.6 Å². The molecule has 2 rings (SSSR count). The smallest absolute Gasteiger partial charge is 0.255 e. The lowest BCUT2D eigenvalue weighted by Gasteiger charge is -2.06. The fraction of sp³-hybridized carbons (Fsp3) is 0. The third-order valence-corrected chi connectivity index (χ3v) is 2.30.